The van der Waals surface area contributed by atoms with Crippen molar-refractivity contribution in [2.45, 2.75) is 44.9 Å². The fourth-order valence-electron chi connectivity index (χ4n) is 4.82. The number of benzene rings is 2. The van der Waals surface area contributed by atoms with Gasteiger partial charge in [-0.25, -0.2) is 0 Å². The molecule has 0 unspecified atom stereocenters. The number of para-hydroxylation sites is 1. The molecule has 1 fully saturated rings. The molecular formula is C28H33N3O5. The first kappa shape index (κ1) is 25.3. The smallest absolute Gasteiger partial charge is 0.275 e. The van der Waals surface area contributed by atoms with Crippen LogP contribution in [0, 0.1) is 0 Å². The molecule has 1 saturated heterocycles. The molecule has 190 valence electrons. The molecule has 8 heteroatoms. The number of aryl methyl sites for hydroxylation is 1. The Morgan fingerprint density at radius 3 is 2.25 bits per heavy atom. The molecule has 1 aromatic heterocycles. The number of amides is 1. The van der Waals surface area contributed by atoms with E-state index in [1.54, 1.807) is 23.1 Å². The van der Waals surface area contributed by atoms with Gasteiger partial charge in [-0.05, 0) is 42.9 Å². The standard InChI is InChI=1S/C28H33N3O5/c1-4-5-14-23-29-26(32)24(28(34)31(23)25-21(35-2)12-9-13-22(25)36-3)27(33)30-17-15-20(16-18-30)19-10-7-6-8-11-19/h6-13,20,32H,4-5,14-18H2,1-3H3. The number of nitrogens with zero attached hydrogens (tertiary/aromatic N) is 3. The third-order valence-corrected chi connectivity index (χ3v) is 6.78. The summed E-state index contributed by atoms with van der Waals surface area (Å²) in [5, 5.41) is 10.8. The van der Waals surface area contributed by atoms with E-state index in [1.807, 2.05) is 25.1 Å². The van der Waals surface area contributed by atoms with Crippen LogP contribution in [0.5, 0.6) is 17.4 Å². The molecule has 1 aliphatic heterocycles. The van der Waals surface area contributed by atoms with Gasteiger partial charge in [0.05, 0.1) is 14.2 Å². The van der Waals surface area contributed by atoms with Crippen LogP contribution in [0.1, 0.15) is 60.3 Å². The Kier molecular flexibility index (Phi) is 7.93. The van der Waals surface area contributed by atoms with Gasteiger partial charge in [-0.2, -0.15) is 4.98 Å². The van der Waals surface area contributed by atoms with Gasteiger partial charge in [0.1, 0.15) is 23.0 Å². The van der Waals surface area contributed by atoms with E-state index in [9.17, 15) is 14.7 Å². The van der Waals surface area contributed by atoms with Gasteiger partial charge in [-0.15, -0.1) is 0 Å². The molecule has 1 N–H and O–H groups in total. The number of piperidine rings is 1. The van der Waals surface area contributed by atoms with Crippen LogP contribution in [0.3, 0.4) is 0 Å². The van der Waals surface area contributed by atoms with Crippen molar-refractivity contribution in [3.8, 4) is 23.1 Å². The highest BCUT2D eigenvalue weighted by Gasteiger charge is 2.31. The predicted molar refractivity (Wildman–Crippen MR) is 138 cm³/mol. The van der Waals surface area contributed by atoms with E-state index < -0.39 is 17.3 Å². The molecule has 0 saturated carbocycles. The molecule has 36 heavy (non-hydrogen) atoms. The van der Waals surface area contributed by atoms with Crippen LogP contribution >= 0.6 is 0 Å². The van der Waals surface area contributed by atoms with E-state index in [4.69, 9.17) is 9.47 Å². The van der Waals surface area contributed by atoms with E-state index in [2.05, 4.69) is 17.1 Å². The first-order chi connectivity index (χ1) is 17.5. The van der Waals surface area contributed by atoms with Crippen molar-refractivity contribution in [3.05, 3.63) is 75.8 Å². The molecule has 3 aromatic rings. The average Bonchev–Trinajstić information content (AvgIpc) is 2.92. The normalized spacial score (nSPS) is 14.0. The minimum absolute atomic E-state index is 0.332. The fraction of sp³-hybridized carbons (Fsp3) is 0.393. The minimum Gasteiger partial charge on any atom is -0.494 e. The molecule has 1 amide bonds. The lowest BCUT2D eigenvalue weighted by Crippen LogP contribution is -2.41. The van der Waals surface area contributed by atoms with E-state index in [0.29, 0.717) is 48.4 Å². The summed E-state index contributed by atoms with van der Waals surface area (Å²) in [4.78, 5) is 33.4. The summed E-state index contributed by atoms with van der Waals surface area (Å²) in [6.45, 7) is 3.02. The highest BCUT2D eigenvalue weighted by Crippen LogP contribution is 2.34. The van der Waals surface area contributed by atoms with Crippen molar-refractivity contribution in [2.24, 2.45) is 0 Å². The molecular weight excluding hydrogens is 458 g/mol. The van der Waals surface area contributed by atoms with Crippen LogP contribution in [0.25, 0.3) is 5.69 Å². The van der Waals surface area contributed by atoms with Gasteiger partial charge in [0.15, 0.2) is 5.56 Å². The second-order valence-corrected chi connectivity index (χ2v) is 8.96. The first-order valence-corrected chi connectivity index (χ1v) is 12.4. The number of aromatic hydroxyl groups is 1. The number of likely N-dealkylation sites (tertiary alicyclic amines) is 1. The van der Waals surface area contributed by atoms with Crippen LogP contribution < -0.4 is 15.0 Å². The van der Waals surface area contributed by atoms with Crippen molar-refractivity contribution in [3.63, 3.8) is 0 Å². The van der Waals surface area contributed by atoms with Gasteiger partial charge in [0.25, 0.3) is 11.5 Å². The lowest BCUT2D eigenvalue weighted by Gasteiger charge is -2.32. The summed E-state index contributed by atoms with van der Waals surface area (Å²) >= 11 is 0. The molecule has 0 spiro atoms. The molecule has 0 radical (unpaired) electrons. The second kappa shape index (κ2) is 11.3. The maximum atomic E-state index is 13.9. The van der Waals surface area contributed by atoms with E-state index >= 15 is 0 Å². The number of aromatic nitrogens is 2. The molecule has 0 bridgehead atoms. The van der Waals surface area contributed by atoms with Crippen LogP contribution in [0.2, 0.25) is 0 Å². The van der Waals surface area contributed by atoms with Gasteiger partial charge in [-0.1, -0.05) is 49.7 Å². The maximum Gasteiger partial charge on any atom is 0.275 e. The summed E-state index contributed by atoms with van der Waals surface area (Å²) in [6, 6.07) is 15.4. The maximum absolute atomic E-state index is 13.9. The Balaban J connectivity index is 1.74. The summed E-state index contributed by atoms with van der Waals surface area (Å²) in [6.07, 6.45) is 3.64. The van der Waals surface area contributed by atoms with Crippen molar-refractivity contribution in [1.82, 2.24) is 14.5 Å². The monoisotopic (exact) mass is 491 g/mol. The predicted octanol–water partition coefficient (Wildman–Crippen LogP) is 4.32. The largest absolute Gasteiger partial charge is 0.494 e. The summed E-state index contributed by atoms with van der Waals surface area (Å²) in [7, 11) is 3.01. The van der Waals surface area contributed by atoms with Gasteiger partial charge in [0.2, 0.25) is 5.88 Å². The molecule has 8 nitrogen and oxygen atoms in total. The van der Waals surface area contributed by atoms with Crippen LogP contribution in [-0.4, -0.2) is 52.8 Å². The van der Waals surface area contributed by atoms with Crippen LogP contribution in [-0.2, 0) is 6.42 Å². The number of carbonyl (C=O) groups excluding carboxylic acids is 1. The second-order valence-electron chi connectivity index (χ2n) is 8.96. The number of rotatable bonds is 8. The Morgan fingerprint density at radius 2 is 1.67 bits per heavy atom. The lowest BCUT2D eigenvalue weighted by molar-refractivity contribution is 0.0706. The zero-order valence-corrected chi connectivity index (χ0v) is 21.1. The summed E-state index contributed by atoms with van der Waals surface area (Å²) < 4.78 is 12.4. The zero-order chi connectivity index (χ0) is 25.7. The molecule has 4 rings (SSSR count). The van der Waals surface area contributed by atoms with Gasteiger partial charge in [0, 0.05) is 19.5 Å². The number of ether oxygens (including phenoxy) is 2. The van der Waals surface area contributed by atoms with Crippen LogP contribution in [0.15, 0.2) is 53.3 Å². The molecule has 1 aliphatic rings. The van der Waals surface area contributed by atoms with E-state index in [-0.39, 0.29) is 5.56 Å². The van der Waals surface area contributed by atoms with Crippen molar-refractivity contribution in [2.75, 3.05) is 27.3 Å². The third-order valence-electron chi connectivity index (χ3n) is 6.78. The molecule has 2 aromatic carbocycles. The third kappa shape index (κ3) is 4.94. The summed E-state index contributed by atoms with van der Waals surface area (Å²) in [5.41, 5.74) is 0.649. The van der Waals surface area contributed by atoms with Crippen molar-refractivity contribution >= 4 is 5.91 Å². The first-order valence-electron chi connectivity index (χ1n) is 12.4. The van der Waals surface area contributed by atoms with Crippen LogP contribution in [0.4, 0.5) is 0 Å². The molecule has 0 aliphatic carbocycles. The van der Waals surface area contributed by atoms with Gasteiger partial charge in [-0.3, -0.25) is 14.2 Å². The molecule has 2 heterocycles. The number of unbranched alkanes of at least 4 members (excludes halogenated alkanes) is 1. The Bertz CT molecular complexity index is 1240. The van der Waals surface area contributed by atoms with E-state index in [1.165, 1.54) is 24.4 Å². The number of methoxy groups -OCH3 is 2. The lowest BCUT2D eigenvalue weighted by atomic mass is 9.89. The quantitative estimate of drug-likeness (QED) is 0.505. The number of hydrogen-bond acceptors (Lipinski definition) is 6. The molecule has 0 atom stereocenters. The Labute approximate surface area is 211 Å². The number of carbonyl (C=O) groups is 1. The zero-order valence-electron chi connectivity index (χ0n) is 21.1. The van der Waals surface area contributed by atoms with E-state index in [0.717, 1.165) is 25.7 Å². The van der Waals surface area contributed by atoms with Crippen molar-refractivity contribution in [1.29, 1.82) is 0 Å². The Morgan fingerprint density at radius 1 is 1.03 bits per heavy atom. The highest BCUT2D eigenvalue weighted by molar-refractivity contribution is 5.96. The number of hydrogen-bond donors (Lipinski definition) is 1. The minimum atomic E-state index is -0.633. The fourth-order valence-corrected chi connectivity index (χ4v) is 4.82. The highest BCUT2D eigenvalue weighted by atomic mass is 16.5. The van der Waals surface area contributed by atoms with Crippen molar-refractivity contribution < 1.29 is 19.4 Å². The topological polar surface area (TPSA) is 93.9 Å². The average molecular weight is 492 g/mol. The Hall–Kier alpha value is -3.81. The summed E-state index contributed by atoms with van der Waals surface area (Å²) in [5.74, 6) is 0.467. The van der Waals surface area contributed by atoms with Gasteiger partial charge >= 0.3 is 0 Å². The van der Waals surface area contributed by atoms with Gasteiger partial charge < -0.3 is 19.5 Å². The SMILES string of the molecule is CCCCc1nc(O)c(C(=O)N2CCC(c3ccccc3)CC2)c(=O)n1-c1c(OC)cccc1OC.